The van der Waals surface area contributed by atoms with E-state index in [0.29, 0.717) is 0 Å². The van der Waals surface area contributed by atoms with Gasteiger partial charge in [0.25, 0.3) is 0 Å². The van der Waals surface area contributed by atoms with Crippen LogP contribution in [0.2, 0.25) is 0 Å². The number of hydrogen-bond acceptors (Lipinski definition) is 0. The average molecular weight is 371 g/mol. The highest BCUT2D eigenvalue weighted by Crippen LogP contribution is 2.11. The lowest BCUT2D eigenvalue weighted by Gasteiger charge is -2.30. The van der Waals surface area contributed by atoms with E-state index in [1.54, 1.807) is 4.90 Å². The molecule has 0 heterocycles. The number of benzene rings is 2. The second-order valence-electron chi connectivity index (χ2n) is 8.43. The number of rotatable bonds is 10. The fourth-order valence-corrected chi connectivity index (χ4v) is 3.19. The van der Waals surface area contributed by atoms with Crippen molar-refractivity contribution in [3.63, 3.8) is 0 Å². The summed E-state index contributed by atoms with van der Waals surface area (Å²) in [6, 6.07) is 21.1. The molecule has 0 saturated heterocycles. The molecule has 2 aromatic carbocycles. The molecule has 2 nitrogen and oxygen atoms in total. The summed E-state index contributed by atoms with van der Waals surface area (Å²) in [5.74, 6) is 0. The standard InChI is InChI=1S/C18H33N2.C7H8/c1-5-19(2)15-11-6-7-12-16-20(3,4)17-18-13-9-8-10-14-18;1-7-5-3-2-4-6-7/h8-10,13-14H,5-7,11-12,15-17H2,1-4H3;2-6H,1H3/q+1;/p+1. The van der Waals surface area contributed by atoms with E-state index >= 15 is 0 Å². The van der Waals surface area contributed by atoms with Crippen molar-refractivity contribution >= 4 is 0 Å². The Morgan fingerprint density at radius 1 is 0.778 bits per heavy atom. The van der Waals surface area contributed by atoms with Crippen molar-refractivity contribution in [1.82, 2.24) is 0 Å². The summed E-state index contributed by atoms with van der Waals surface area (Å²) in [7, 11) is 6.99. The summed E-state index contributed by atoms with van der Waals surface area (Å²) in [5.41, 5.74) is 2.77. The second kappa shape index (κ2) is 13.5. The fraction of sp³-hybridized carbons (Fsp3) is 0.520. The number of nitrogens with zero attached hydrogens (tertiary/aromatic N) is 1. The van der Waals surface area contributed by atoms with Gasteiger partial charge < -0.3 is 9.38 Å². The maximum atomic E-state index is 2.35. The zero-order valence-corrected chi connectivity index (χ0v) is 18.4. The molecular weight excluding hydrogens is 328 g/mol. The molecule has 0 spiro atoms. The van der Waals surface area contributed by atoms with E-state index < -0.39 is 0 Å². The lowest BCUT2D eigenvalue weighted by molar-refractivity contribution is -0.903. The number of quaternary nitrogens is 2. The van der Waals surface area contributed by atoms with Gasteiger partial charge in [-0.25, -0.2) is 0 Å². The quantitative estimate of drug-likeness (QED) is 0.468. The topological polar surface area (TPSA) is 4.44 Å². The lowest BCUT2D eigenvalue weighted by Crippen LogP contribution is -3.08. The van der Waals surface area contributed by atoms with Crippen molar-refractivity contribution in [2.45, 2.75) is 46.1 Å². The van der Waals surface area contributed by atoms with Gasteiger partial charge in [0.2, 0.25) is 0 Å². The highest BCUT2D eigenvalue weighted by atomic mass is 15.3. The minimum Gasteiger partial charge on any atom is -0.338 e. The molecule has 0 aliphatic rings. The molecule has 0 bridgehead atoms. The molecule has 2 heteroatoms. The minimum atomic E-state index is 1.10. The molecule has 0 aliphatic carbocycles. The van der Waals surface area contributed by atoms with Gasteiger partial charge in [-0.2, -0.15) is 0 Å². The van der Waals surface area contributed by atoms with Crippen molar-refractivity contribution in [1.29, 1.82) is 0 Å². The average Bonchev–Trinajstić information content (AvgIpc) is 2.66. The molecule has 0 aliphatic heterocycles. The monoisotopic (exact) mass is 370 g/mol. The highest BCUT2D eigenvalue weighted by molar-refractivity contribution is 5.13. The predicted octanol–water partition coefficient (Wildman–Crippen LogP) is 4.35. The van der Waals surface area contributed by atoms with Crippen LogP contribution in [0.1, 0.15) is 43.7 Å². The van der Waals surface area contributed by atoms with Crippen molar-refractivity contribution in [3.8, 4) is 0 Å². The first-order valence-corrected chi connectivity index (χ1v) is 10.6. The van der Waals surface area contributed by atoms with Gasteiger partial charge in [0.15, 0.2) is 0 Å². The summed E-state index contributed by atoms with van der Waals surface area (Å²) in [6.07, 6.45) is 5.51. The zero-order chi connectivity index (χ0) is 20.0. The van der Waals surface area contributed by atoms with E-state index in [1.165, 1.54) is 56.4 Å². The largest absolute Gasteiger partial charge is 0.338 e. The van der Waals surface area contributed by atoms with Crippen LogP contribution in [0.15, 0.2) is 60.7 Å². The SMILES string of the molecule is CC[NH+](C)CCCCCC[N+](C)(C)Cc1ccccc1.Cc1ccccc1. The van der Waals surface area contributed by atoms with Gasteiger partial charge in [-0.15, -0.1) is 0 Å². The molecule has 2 aromatic rings. The van der Waals surface area contributed by atoms with Crippen LogP contribution in [0.3, 0.4) is 0 Å². The van der Waals surface area contributed by atoms with Crippen LogP contribution in [0.5, 0.6) is 0 Å². The molecule has 27 heavy (non-hydrogen) atoms. The van der Waals surface area contributed by atoms with Crippen LogP contribution in [-0.4, -0.2) is 45.3 Å². The number of nitrogens with one attached hydrogen (secondary N) is 1. The van der Waals surface area contributed by atoms with Gasteiger partial charge in [0.1, 0.15) is 6.54 Å². The second-order valence-corrected chi connectivity index (χ2v) is 8.43. The first-order chi connectivity index (χ1) is 12.9. The first-order valence-electron chi connectivity index (χ1n) is 10.6. The van der Waals surface area contributed by atoms with Crippen molar-refractivity contribution in [2.75, 3.05) is 40.8 Å². The molecular formula is C25H42N2+2. The molecule has 0 amide bonds. The summed E-state index contributed by atoms with van der Waals surface area (Å²) in [4.78, 5) is 1.66. The molecule has 0 aromatic heterocycles. The predicted molar refractivity (Wildman–Crippen MR) is 119 cm³/mol. The Kier molecular flexibility index (Phi) is 11.7. The van der Waals surface area contributed by atoms with E-state index in [0.717, 1.165) is 11.0 Å². The smallest absolute Gasteiger partial charge is 0.104 e. The van der Waals surface area contributed by atoms with Gasteiger partial charge in [-0.05, 0) is 39.5 Å². The van der Waals surface area contributed by atoms with E-state index in [2.05, 4.69) is 77.5 Å². The third kappa shape index (κ3) is 12.4. The Morgan fingerprint density at radius 3 is 1.85 bits per heavy atom. The van der Waals surface area contributed by atoms with Crippen LogP contribution >= 0.6 is 0 Å². The Hall–Kier alpha value is -1.64. The maximum absolute atomic E-state index is 2.35. The summed E-state index contributed by atoms with van der Waals surface area (Å²) in [5, 5.41) is 0. The van der Waals surface area contributed by atoms with Crippen molar-refractivity contribution in [3.05, 3.63) is 71.8 Å². The van der Waals surface area contributed by atoms with Crippen LogP contribution in [-0.2, 0) is 6.54 Å². The molecule has 1 N–H and O–H groups in total. The summed E-state index contributed by atoms with van der Waals surface area (Å²) in [6.45, 7) is 9.35. The normalized spacial score (nSPS) is 12.2. The molecule has 1 unspecified atom stereocenters. The fourth-order valence-electron chi connectivity index (χ4n) is 3.19. The van der Waals surface area contributed by atoms with Gasteiger partial charge in [0.05, 0.1) is 40.8 Å². The number of unbranched alkanes of at least 4 members (excludes halogenated alkanes) is 3. The Labute approximate surface area is 168 Å². The van der Waals surface area contributed by atoms with Gasteiger partial charge in [0, 0.05) is 5.56 Å². The van der Waals surface area contributed by atoms with E-state index in [1.807, 2.05) is 18.2 Å². The number of aryl methyl sites for hydroxylation is 1. The molecule has 1 atom stereocenters. The molecule has 0 fully saturated rings. The van der Waals surface area contributed by atoms with Gasteiger partial charge in [-0.1, -0.05) is 66.2 Å². The van der Waals surface area contributed by atoms with Crippen LogP contribution in [0.4, 0.5) is 0 Å². The highest BCUT2D eigenvalue weighted by Gasteiger charge is 2.14. The Bertz CT molecular complexity index is 578. The van der Waals surface area contributed by atoms with Crippen molar-refractivity contribution in [2.24, 2.45) is 0 Å². The molecule has 150 valence electrons. The maximum Gasteiger partial charge on any atom is 0.104 e. The van der Waals surface area contributed by atoms with E-state index in [9.17, 15) is 0 Å². The lowest BCUT2D eigenvalue weighted by atomic mass is 10.1. The molecule has 0 radical (unpaired) electrons. The van der Waals surface area contributed by atoms with Gasteiger partial charge >= 0.3 is 0 Å². The van der Waals surface area contributed by atoms with Gasteiger partial charge in [-0.3, -0.25) is 0 Å². The first kappa shape index (κ1) is 23.4. The Balaban J connectivity index is 0.000000433. The molecule has 2 rings (SSSR count). The molecule has 0 saturated carbocycles. The third-order valence-electron chi connectivity index (χ3n) is 5.11. The van der Waals surface area contributed by atoms with Crippen LogP contribution < -0.4 is 4.90 Å². The third-order valence-corrected chi connectivity index (χ3v) is 5.11. The summed E-state index contributed by atoms with van der Waals surface area (Å²) >= 11 is 0. The number of hydrogen-bond donors (Lipinski definition) is 1. The Morgan fingerprint density at radius 2 is 1.33 bits per heavy atom. The van der Waals surface area contributed by atoms with E-state index in [4.69, 9.17) is 0 Å². The van der Waals surface area contributed by atoms with Crippen molar-refractivity contribution < 1.29 is 9.38 Å². The summed E-state index contributed by atoms with van der Waals surface area (Å²) < 4.78 is 1.10. The minimum absolute atomic E-state index is 1.10. The van der Waals surface area contributed by atoms with Crippen LogP contribution in [0.25, 0.3) is 0 Å². The van der Waals surface area contributed by atoms with Crippen LogP contribution in [0, 0.1) is 6.92 Å². The zero-order valence-electron chi connectivity index (χ0n) is 18.4. The van der Waals surface area contributed by atoms with E-state index in [-0.39, 0.29) is 0 Å².